The Kier molecular flexibility index (Phi) is 28.4. The van der Waals surface area contributed by atoms with Crippen LogP contribution in [0.1, 0.15) is 68.6 Å². The number of hydrogen-bond acceptors (Lipinski definition) is 18. The number of aliphatic carboxylic acids is 2. The fourth-order valence-corrected chi connectivity index (χ4v) is 8.39. The molecule has 9 amide bonds. The van der Waals surface area contributed by atoms with Gasteiger partial charge in [0, 0.05) is 33.8 Å². The van der Waals surface area contributed by atoms with Crippen LogP contribution in [0.4, 0.5) is 0 Å². The SMILES string of the molecule is Cc1ccc(C[C@H]2NC(=O)C(CO)(CO)NC(=O)[C@H](CCCN=C(N)N)NC(=O)CNC(=O)[C@H](CC(=O)O)NC2=O)cc1.Cc1ccc(C[C@H]2NC(=O)[C@H](CC(=O)O)CC(=O)CNC(=O)[C@H](CCCN=C(N)N)NC(=O)C(CO)(CO)NC2=O)cc1.[2HH]. The average Bonchev–Trinajstić information content (AvgIpc) is 2.72. The van der Waals surface area contributed by atoms with Crippen molar-refractivity contribution in [1.29, 1.82) is 0 Å². The molecule has 0 saturated carbocycles. The number of guanidine groups is 2. The van der Waals surface area contributed by atoms with E-state index < -0.39 is 177 Å². The third-order valence-electron chi connectivity index (χ3n) is 13.4. The summed E-state index contributed by atoms with van der Waals surface area (Å²) in [7, 11) is 0. The van der Waals surface area contributed by atoms with Gasteiger partial charge in [-0.25, -0.2) is 0 Å². The van der Waals surface area contributed by atoms with E-state index in [0.29, 0.717) is 11.1 Å². The van der Waals surface area contributed by atoms with Gasteiger partial charge < -0.3 is 101 Å². The van der Waals surface area contributed by atoms with Crippen LogP contribution in [0.25, 0.3) is 0 Å². The summed E-state index contributed by atoms with van der Waals surface area (Å²) < 4.78 is 0. The van der Waals surface area contributed by atoms with Crippen LogP contribution in [0.15, 0.2) is 58.5 Å². The van der Waals surface area contributed by atoms with Gasteiger partial charge in [-0.1, -0.05) is 59.7 Å². The van der Waals surface area contributed by atoms with Crippen LogP contribution < -0.4 is 70.8 Å². The van der Waals surface area contributed by atoms with Crippen LogP contribution in [0, 0.1) is 19.8 Å². The first kappa shape index (κ1) is 70.9. The summed E-state index contributed by atoms with van der Waals surface area (Å²) >= 11 is 0. The van der Waals surface area contributed by atoms with E-state index >= 15 is 0 Å². The molecule has 2 saturated heterocycles. The third kappa shape index (κ3) is 23.0. The average molecular weight is 1220 g/mol. The molecule has 0 aromatic heterocycles. The smallest absolute Gasteiger partial charge is 0.305 e. The number of hydrogen-bond donors (Lipinski definition) is 19. The Bertz CT molecular complexity index is 2720. The topological polar surface area (TPSA) is 563 Å². The third-order valence-corrected chi connectivity index (χ3v) is 13.4. The first-order chi connectivity index (χ1) is 40.6. The number of carbonyl (C=O) groups is 12. The summed E-state index contributed by atoms with van der Waals surface area (Å²) in [5.41, 5.74) is 19.6. The number of nitrogens with two attached hydrogens (primary N) is 4. The van der Waals surface area contributed by atoms with Gasteiger partial charge in [0.05, 0.1) is 58.3 Å². The largest absolute Gasteiger partial charge is 0.481 e. The molecule has 33 nitrogen and oxygen atoms in total. The molecule has 33 heteroatoms. The van der Waals surface area contributed by atoms with Gasteiger partial charge in [-0.05, 0) is 50.7 Å². The highest BCUT2D eigenvalue weighted by Crippen LogP contribution is 2.17. The lowest BCUT2D eigenvalue weighted by molar-refractivity contribution is -0.143. The Morgan fingerprint density at radius 2 is 0.907 bits per heavy atom. The highest BCUT2D eigenvalue weighted by Gasteiger charge is 2.45. The van der Waals surface area contributed by atoms with E-state index in [1.807, 2.05) is 13.8 Å². The quantitative estimate of drug-likeness (QED) is 0.0333. The fourth-order valence-electron chi connectivity index (χ4n) is 8.39. The Morgan fingerprint density at radius 1 is 0.512 bits per heavy atom. The summed E-state index contributed by atoms with van der Waals surface area (Å²) in [4.78, 5) is 162. The molecular weight excluding hydrogens is 1130 g/mol. The van der Waals surface area contributed by atoms with Crippen molar-refractivity contribution in [2.24, 2.45) is 38.8 Å². The van der Waals surface area contributed by atoms with Gasteiger partial charge in [0.15, 0.2) is 28.8 Å². The molecule has 2 heterocycles. The number of aliphatic hydroxyl groups excluding tert-OH is 4. The first-order valence-corrected chi connectivity index (χ1v) is 26.9. The lowest BCUT2D eigenvalue weighted by atomic mass is 9.95. The van der Waals surface area contributed by atoms with Crippen molar-refractivity contribution in [2.75, 3.05) is 52.6 Å². The minimum atomic E-state index is -2.35. The Morgan fingerprint density at radius 3 is 1.35 bits per heavy atom. The lowest BCUT2D eigenvalue weighted by Gasteiger charge is -2.33. The summed E-state index contributed by atoms with van der Waals surface area (Å²) in [6.45, 7) is -1.81. The van der Waals surface area contributed by atoms with Crippen molar-refractivity contribution in [2.45, 2.75) is 113 Å². The Hall–Kier alpha value is -9.34. The van der Waals surface area contributed by atoms with Crippen molar-refractivity contribution >= 4 is 82.8 Å². The number of aliphatic imine (C=N–C) groups is 2. The number of carbonyl (C=O) groups excluding carboxylic acids is 10. The molecule has 2 aliphatic rings. The second-order valence-electron chi connectivity index (χ2n) is 20.4. The highest BCUT2D eigenvalue weighted by atomic mass is 16.4. The maximum absolute atomic E-state index is 13.5. The van der Waals surface area contributed by atoms with E-state index in [-0.39, 0.29) is 65.0 Å². The minimum Gasteiger partial charge on any atom is -0.481 e. The summed E-state index contributed by atoms with van der Waals surface area (Å²) in [6.07, 6.45) is -2.14. The van der Waals surface area contributed by atoms with E-state index in [1.165, 1.54) is 0 Å². The number of benzene rings is 2. The van der Waals surface area contributed by atoms with Gasteiger partial charge >= 0.3 is 11.9 Å². The van der Waals surface area contributed by atoms with Crippen LogP contribution in [0.5, 0.6) is 0 Å². The predicted octanol–water partition coefficient (Wildman–Crippen LogP) is -7.68. The molecule has 0 bridgehead atoms. The highest BCUT2D eigenvalue weighted by molar-refractivity contribution is 6.01. The molecule has 0 radical (unpaired) electrons. The molecule has 86 heavy (non-hydrogen) atoms. The second kappa shape index (κ2) is 34.4. The lowest BCUT2D eigenvalue weighted by Crippen LogP contribution is -2.68. The molecule has 0 unspecified atom stereocenters. The summed E-state index contributed by atoms with van der Waals surface area (Å²) in [5, 5.41) is 80.4. The standard InChI is InChI=1S/C27H39N7O9.C26H38N8O9.H2/c1-15-4-6-16(7-5-15)9-20-24(42)34-27(13-35,14-36)25(43)33-19(3-2-8-30-26(28)29)23(41)31-12-18(37)10-17(11-21(38)39)22(40)32-20;1-14-4-6-15(7-5-14)9-17-22(41)32-18(10-20(38)39)21(40)30-11-19(37)31-16(3-2-8-29-25(27)28)23(42)34-26(12-35,13-36)24(43)33-17;/h4-7,17,19-20,35-36H,2-3,8-14H2,1H3,(H,31,41)(H,32,40)(H,33,43)(H,34,42)(H,38,39)(H4,28,29,30);4-7,16-18,35-36H,2-3,8-13H2,1H3,(H,30,40)(H,31,37)(H,32,41)(H,33,43)(H,34,42)(H,38,39)(H4,27,28,29);1H/t17-,19-,20+;16-,17+,18-;/m00./s1/i;;1+1. The zero-order valence-electron chi connectivity index (χ0n) is 47.4. The summed E-state index contributed by atoms with van der Waals surface area (Å²) in [6, 6.07) is 6.66. The van der Waals surface area contributed by atoms with E-state index in [9.17, 15) is 88.2 Å². The molecule has 2 aromatic carbocycles. The number of aryl methyl sites for hydroxylation is 2. The van der Waals surface area contributed by atoms with Crippen LogP contribution >= 0.6 is 0 Å². The van der Waals surface area contributed by atoms with Gasteiger partial charge in [-0.3, -0.25) is 67.5 Å². The summed E-state index contributed by atoms with van der Waals surface area (Å²) in [5.74, 6) is -14.1. The van der Waals surface area contributed by atoms with Gasteiger partial charge in [-0.15, -0.1) is 0 Å². The number of amides is 9. The molecule has 2 aromatic rings. The number of rotatable bonds is 20. The molecule has 4 rings (SSSR count). The minimum absolute atomic E-state index is 0. The Labute approximate surface area is 494 Å². The molecule has 6 atom stereocenters. The number of ketones is 1. The maximum atomic E-state index is 13.5. The van der Waals surface area contributed by atoms with Crippen LogP contribution in [0.3, 0.4) is 0 Å². The number of carboxylic acids is 2. The van der Waals surface area contributed by atoms with E-state index in [1.54, 1.807) is 48.5 Å². The Balaban J connectivity index is 0.000000587. The molecule has 0 spiro atoms. The molecule has 2 aliphatic heterocycles. The predicted molar refractivity (Wildman–Crippen MR) is 305 cm³/mol. The van der Waals surface area contributed by atoms with Gasteiger partial charge in [0.1, 0.15) is 30.2 Å². The number of carboxylic acid groups (broad SMARTS) is 2. The zero-order chi connectivity index (χ0) is 64.3. The van der Waals surface area contributed by atoms with E-state index in [4.69, 9.17) is 22.9 Å². The maximum Gasteiger partial charge on any atom is 0.305 e. The normalized spacial score (nSPS) is 21.7. The fraction of sp³-hybridized carbons (Fsp3) is 0.509. The second-order valence-corrected chi connectivity index (χ2v) is 20.4. The van der Waals surface area contributed by atoms with Crippen molar-refractivity contribution in [1.82, 2.24) is 47.9 Å². The number of nitrogens with zero attached hydrogens (tertiary/aromatic N) is 2. The van der Waals surface area contributed by atoms with Gasteiger partial charge in [-0.2, -0.15) is 0 Å². The number of aliphatic hydroxyl groups is 4. The van der Waals surface area contributed by atoms with E-state index in [0.717, 1.165) is 11.1 Å². The molecule has 23 N–H and O–H groups in total. The zero-order valence-corrected chi connectivity index (χ0v) is 47.4. The van der Waals surface area contributed by atoms with Gasteiger partial charge in [0.25, 0.3) is 11.8 Å². The molecule has 474 valence electrons. The number of nitrogens with one attached hydrogen (secondary N) is 9. The van der Waals surface area contributed by atoms with E-state index in [2.05, 4.69) is 57.8 Å². The van der Waals surface area contributed by atoms with Crippen LogP contribution in [0.2, 0.25) is 0 Å². The van der Waals surface area contributed by atoms with Crippen molar-refractivity contribution in [3.8, 4) is 0 Å². The molecular formula is C53H79N15O18. The number of Topliss-reactive ketones (excluding diaryl/α,β-unsaturated/α-hetero) is 1. The van der Waals surface area contributed by atoms with Crippen molar-refractivity contribution in [3.05, 3.63) is 70.8 Å². The monoisotopic (exact) mass is 1210 g/mol. The van der Waals surface area contributed by atoms with Gasteiger partial charge in [0.2, 0.25) is 41.4 Å². The first-order valence-electron chi connectivity index (χ1n) is 26.9. The van der Waals surface area contributed by atoms with Crippen molar-refractivity contribution in [3.63, 3.8) is 0 Å². The molecule has 2 fully saturated rings. The van der Waals surface area contributed by atoms with Crippen LogP contribution in [-0.4, -0.2) is 207 Å². The van der Waals surface area contributed by atoms with Crippen LogP contribution in [-0.2, 0) is 70.4 Å². The molecule has 0 aliphatic carbocycles. The van der Waals surface area contributed by atoms with Crippen molar-refractivity contribution < 1.29 is 89.6 Å².